The lowest BCUT2D eigenvalue weighted by atomic mass is 9.99. The van der Waals surface area contributed by atoms with Gasteiger partial charge in [-0.25, -0.2) is 4.68 Å². The summed E-state index contributed by atoms with van der Waals surface area (Å²) in [5, 5.41) is 8.65. The number of alkyl halides is 3. The predicted molar refractivity (Wildman–Crippen MR) is 105 cm³/mol. The SMILES string of the molecule is FC(F)(F)c1ccccc1-c1nn(-c2ccc(Cl)c(Cl)c2)c2c1CCCCN2. The average Bonchev–Trinajstić information content (AvgIpc) is 2.84. The fourth-order valence-electron chi connectivity index (χ4n) is 3.46. The van der Waals surface area contributed by atoms with Crippen LogP contribution in [0.25, 0.3) is 16.9 Å². The van der Waals surface area contributed by atoms with Crippen LogP contribution in [0.4, 0.5) is 19.0 Å². The summed E-state index contributed by atoms with van der Waals surface area (Å²) in [6.45, 7) is 0.723. The van der Waals surface area contributed by atoms with E-state index < -0.39 is 11.7 Å². The number of benzene rings is 2. The highest BCUT2D eigenvalue weighted by Gasteiger charge is 2.35. The summed E-state index contributed by atoms with van der Waals surface area (Å²) in [5.74, 6) is 0.697. The average molecular weight is 426 g/mol. The highest BCUT2D eigenvalue weighted by atomic mass is 35.5. The van der Waals surface area contributed by atoms with Crippen molar-refractivity contribution in [3.8, 4) is 16.9 Å². The summed E-state index contributed by atoms with van der Waals surface area (Å²) in [5.41, 5.74) is 1.13. The fourth-order valence-corrected chi connectivity index (χ4v) is 3.75. The molecule has 1 aliphatic heterocycles. The molecule has 0 aliphatic carbocycles. The monoisotopic (exact) mass is 425 g/mol. The number of nitrogens with one attached hydrogen (secondary N) is 1. The van der Waals surface area contributed by atoms with E-state index in [0.29, 0.717) is 33.7 Å². The third-order valence-corrected chi connectivity index (χ3v) is 5.50. The molecule has 0 bridgehead atoms. The Kier molecular flexibility index (Phi) is 5.02. The van der Waals surface area contributed by atoms with E-state index >= 15 is 0 Å². The van der Waals surface area contributed by atoms with Gasteiger partial charge in [0.1, 0.15) is 5.82 Å². The van der Waals surface area contributed by atoms with Gasteiger partial charge in [0, 0.05) is 17.7 Å². The maximum absolute atomic E-state index is 13.6. The number of rotatable bonds is 2. The molecular formula is C20H16Cl2F3N3. The van der Waals surface area contributed by atoms with E-state index in [1.165, 1.54) is 12.1 Å². The largest absolute Gasteiger partial charge is 0.417 e. The standard InChI is InChI=1S/C20H16Cl2F3N3/c21-16-9-8-12(11-17(16)22)28-19-14(6-3-4-10-26-19)18(27-28)13-5-1-2-7-15(13)20(23,24)25/h1-2,5,7-9,11,26H,3-4,6,10H2. The first-order valence-electron chi connectivity index (χ1n) is 8.84. The van der Waals surface area contributed by atoms with E-state index in [2.05, 4.69) is 10.4 Å². The van der Waals surface area contributed by atoms with E-state index in [9.17, 15) is 13.2 Å². The molecule has 3 aromatic rings. The first kappa shape index (κ1) is 19.2. The Bertz CT molecular complexity index is 1030. The molecule has 0 radical (unpaired) electrons. The van der Waals surface area contributed by atoms with E-state index in [0.717, 1.165) is 31.0 Å². The first-order chi connectivity index (χ1) is 13.4. The normalized spacial score (nSPS) is 14.3. The zero-order valence-electron chi connectivity index (χ0n) is 14.7. The number of anilines is 1. The van der Waals surface area contributed by atoms with Gasteiger partial charge in [-0.15, -0.1) is 0 Å². The molecule has 1 aromatic heterocycles. The van der Waals surface area contributed by atoms with Crippen LogP contribution in [0.3, 0.4) is 0 Å². The van der Waals surface area contributed by atoms with Gasteiger partial charge in [0.25, 0.3) is 0 Å². The van der Waals surface area contributed by atoms with Crippen LogP contribution in [-0.4, -0.2) is 16.3 Å². The number of fused-ring (bicyclic) bond motifs is 1. The molecule has 2 heterocycles. The molecular weight excluding hydrogens is 410 g/mol. The second-order valence-electron chi connectivity index (χ2n) is 6.61. The number of hydrogen-bond donors (Lipinski definition) is 1. The van der Waals surface area contributed by atoms with Crippen LogP contribution in [-0.2, 0) is 12.6 Å². The summed E-state index contributed by atoms with van der Waals surface area (Å²) in [6.07, 6.45) is -2.02. The van der Waals surface area contributed by atoms with Crippen molar-refractivity contribution in [2.45, 2.75) is 25.4 Å². The quantitative estimate of drug-likeness (QED) is 0.500. The Morgan fingerprint density at radius 2 is 1.79 bits per heavy atom. The Hall–Kier alpha value is -2.18. The smallest absolute Gasteiger partial charge is 0.370 e. The number of aromatic nitrogens is 2. The maximum Gasteiger partial charge on any atom is 0.417 e. The van der Waals surface area contributed by atoms with Gasteiger partial charge in [-0.3, -0.25) is 0 Å². The highest BCUT2D eigenvalue weighted by Crippen LogP contribution is 2.41. The molecule has 0 fully saturated rings. The summed E-state index contributed by atoms with van der Waals surface area (Å²) < 4.78 is 42.4. The van der Waals surface area contributed by atoms with E-state index in [1.807, 2.05) is 0 Å². The van der Waals surface area contributed by atoms with Gasteiger partial charge in [0.05, 0.1) is 27.0 Å². The van der Waals surface area contributed by atoms with Crippen molar-refractivity contribution < 1.29 is 13.2 Å². The molecule has 4 rings (SSSR count). The van der Waals surface area contributed by atoms with Gasteiger partial charge in [-0.05, 0) is 43.5 Å². The van der Waals surface area contributed by atoms with Crippen molar-refractivity contribution >= 4 is 29.0 Å². The van der Waals surface area contributed by atoms with Crippen molar-refractivity contribution in [3.05, 3.63) is 63.6 Å². The van der Waals surface area contributed by atoms with Gasteiger partial charge >= 0.3 is 6.18 Å². The van der Waals surface area contributed by atoms with Crippen LogP contribution in [0.1, 0.15) is 24.0 Å². The van der Waals surface area contributed by atoms with Crippen LogP contribution >= 0.6 is 23.2 Å². The molecule has 0 saturated carbocycles. The van der Waals surface area contributed by atoms with E-state index in [1.54, 1.807) is 28.9 Å². The van der Waals surface area contributed by atoms with Crippen LogP contribution in [0.15, 0.2) is 42.5 Å². The van der Waals surface area contributed by atoms with Crippen molar-refractivity contribution in [1.82, 2.24) is 9.78 Å². The number of halogens is 5. The van der Waals surface area contributed by atoms with Crippen LogP contribution in [0, 0.1) is 0 Å². The molecule has 8 heteroatoms. The molecule has 0 saturated heterocycles. The molecule has 1 aliphatic rings. The number of nitrogens with zero attached hydrogens (tertiary/aromatic N) is 2. The Morgan fingerprint density at radius 1 is 1.00 bits per heavy atom. The zero-order valence-corrected chi connectivity index (χ0v) is 16.2. The third kappa shape index (κ3) is 3.47. The minimum atomic E-state index is -4.46. The molecule has 0 atom stereocenters. The Morgan fingerprint density at radius 3 is 2.54 bits per heavy atom. The zero-order chi connectivity index (χ0) is 19.9. The second kappa shape index (κ2) is 7.33. The number of hydrogen-bond acceptors (Lipinski definition) is 2. The molecule has 2 aromatic carbocycles. The molecule has 0 spiro atoms. The van der Waals surface area contributed by atoms with Gasteiger partial charge in [-0.1, -0.05) is 41.4 Å². The highest BCUT2D eigenvalue weighted by molar-refractivity contribution is 6.42. The van der Waals surface area contributed by atoms with Crippen LogP contribution in [0.2, 0.25) is 10.0 Å². The van der Waals surface area contributed by atoms with Gasteiger partial charge in [0.15, 0.2) is 0 Å². The van der Waals surface area contributed by atoms with Crippen LogP contribution in [0.5, 0.6) is 0 Å². The maximum atomic E-state index is 13.6. The van der Waals surface area contributed by atoms with Crippen molar-refractivity contribution in [3.63, 3.8) is 0 Å². The van der Waals surface area contributed by atoms with Crippen molar-refractivity contribution in [1.29, 1.82) is 0 Å². The minimum Gasteiger partial charge on any atom is -0.370 e. The molecule has 0 amide bonds. The minimum absolute atomic E-state index is 0.0776. The first-order valence-corrected chi connectivity index (χ1v) is 9.59. The molecule has 0 unspecified atom stereocenters. The lowest BCUT2D eigenvalue weighted by molar-refractivity contribution is -0.137. The lowest BCUT2D eigenvalue weighted by Gasteiger charge is -2.12. The summed E-state index contributed by atoms with van der Waals surface area (Å²) in [7, 11) is 0. The Labute approximate surface area is 170 Å². The van der Waals surface area contributed by atoms with Crippen molar-refractivity contribution in [2.75, 3.05) is 11.9 Å². The summed E-state index contributed by atoms with van der Waals surface area (Å²) in [4.78, 5) is 0. The third-order valence-electron chi connectivity index (χ3n) is 4.76. The summed E-state index contributed by atoms with van der Waals surface area (Å²) >= 11 is 12.2. The molecule has 146 valence electrons. The van der Waals surface area contributed by atoms with Gasteiger partial charge in [-0.2, -0.15) is 18.3 Å². The topological polar surface area (TPSA) is 29.9 Å². The second-order valence-corrected chi connectivity index (χ2v) is 7.43. The van der Waals surface area contributed by atoms with Gasteiger partial charge < -0.3 is 5.32 Å². The van der Waals surface area contributed by atoms with Crippen LogP contribution < -0.4 is 5.32 Å². The molecule has 28 heavy (non-hydrogen) atoms. The predicted octanol–water partition coefficient (Wildman–Crippen LogP) is 6.61. The molecule has 3 nitrogen and oxygen atoms in total. The Balaban J connectivity index is 1.95. The van der Waals surface area contributed by atoms with Gasteiger partial charge in [0.2, 0.25) is 0 Å². The lowest BCUT2D eigenvalue weighted by Crippen LogP contribution is -2.08. The van der Waals surface area contributed by atoms with Crippen molar-refractivity contribution in [2.24, 2.45) is 0 Å². The summed E-state index contributed by atoms with van der Waals surface area (Å²) in [6, 6.07) is 10.6. The fraction of sp³-hybridized carbons (Fsp3) is 0.250. The van der Waals surface area contributed by atoms with E-state index in [-0.39, 0.29) is 5.56 Å². The molecule has 1 N–H and O–H groups in total. The van der Waals surface area contributed by atoms with E-state index in [4.69, 9.17) is 23.2 Å².